The topological polar surface area (TPSA) is 36.9 Å². The highest BCUT2D eigenvalue weighted by molar-refractivity contribution is 4.78. The maximum absolute atomic E-state index is 5.67. The van der Waals surface area contributed by atoms with Gasteiger partial charge in [0, 0.05) is 0 Å². The normalized spacial score (nSPS) is 12.0. The van der Waals surface area contributed by atoms with Gasteiger partial charge in [0.25, 0.3) is 0 Å². The van der Waals surface area contributed by atoms with Gasteiger partial charge in [-0.3, -0.25) is 0 Å². The first-order valence-corrected chi connectivity index (χ1v) is 10.4. The second kappa shape index (κ2) is 17.7. The van der Waals surface area contributed by atoms with Gasteiger partial charge in [-0.25, -0.2) is 4.89 Å². The molecule has 0 aromatic rings. The molecule has 0 atom stereocenters. The van der Waals surface area contributed by atoms with Crippen LogP contribution in [-0.2, 0) is 19.9 Å². The van der Waals surface area contributed by atoms with Crippen molar-refractivity contribution in [3.8, 4) is 0 Å². The molecule has 0 aliphatic carbocycles. The molecule has 0 amide bonds. The summed E-state index contributed by atoms with van der Waals surface area (Å²) in [6.07, 6.45) is 16.7. The summed E-state index contributed by atoms with van der Waals surface area (Å²) in [6.45, 7) is 9.17. The first kappa shape index (κ1) is 23.8. The Bertz CT molecular complexity index is 240. The Morgan fingerprint density at radius 1 is 0.542 bits per heavy atom. The van der Waals surface area contributed by atoms with Gasteiger partial charge in [0.05, 0.1) is 6.61 Å². The molecule has 0 aliphatic rings. The van der Waals surface area contributed by atoms with Gasteiger partial charge in [0.15, 0.2) is 0 Å². The standard InChI is InChI=1S/C20H42O4/c1-5-9-10-11-12-13-14-15-18-20(16-6-2,17-7-3)22-24-23-21-19-8-4/h5-19H2,1-4H3. The molecular weight excluding hydrogens is 304 g/mol. The van der Waals surface area contributed by atoms with Crippen molar-refractivity contribution in [1.82, 2.24) is 0 Å². The van der Waals surface area contributed by atoms with Crippen molar-refractivity contribution in [2.75, 3.05) is 6.61 Å². The molecule has 0 unspecified atom stereocenters. The van der Waals surface area contributed by atoms with E-state index in [9.17, 15) is 0 Å². The van der Waals surface area contributed by atoms with Crippen LogP contribution in [0.4, 0.5) is 0 Å². The minimum atomic E-state index is -0.235. The largest absolute Gasteiger partial charge is 0.204 e. The summed E-state index contributed by atoms with van der Waals surface area (Å²) in [4.78, 5) is 10.5. The van der Waals surface area contributed by atoms with Crippen LogP contribution in [-0.4, -0.2) is 12.2 Å². The van der Waals surface area contributed by atoms with Gasteiger partial charge >= 0.3 is 0 Å². The zero-order valence-corrected chi connectivity index (χ0v) is 16.7. The summed E-state index contributed by atoms with van der Waals surface area (Å²) in [6, 6.07) is 0. The van der Waals surface area contributed by atoms with Crippen molar-refractivity contribution in [3.63, 3.8) is 0 Å². The lowest BCUT2D eigenvalue weighted by Crippen LogP contribution is -2.33. The van der Waals surface area contributed by atoms with E-state index in [-0.39, 0.29) is 5.60 Å². The van der Waals surface area contributed by atoms with E-state index in [2.05, 4.69) is 25.8 Å². The van der Waals surface area contributed by atoms with Gasteiger partial charge in [0.1, 0.15) is 5.60 Å². The number of unbranched alkanes of at least 4 members (excludes halogenated alkanes) is 7. The fraction of sp³-hybridized carbons (Fsp3) is 1.00. The molecule has 0 aromatic heterocycles. The summed E-state index contributed by atoms with van der Waals surface area (Å²) in [5, 5.41) is 9.59. The lowest BCUT2D eigenvalue weighted by molar-refractivity contribution is -0.652. The van der Waals surface area contributed by atoms with Crippen molar-refractivity contribution < 1.29 is 19.9 Å². The van der Waals surface area contributed by atoms with Crippen LogP contribution >= 0.6 is 0 Å². The molecular formula is C20H42O4. The molecule has 0 saturated carbocycles. The Hall–Kier alpha value is -0.160. The highest BCUT2D eigenvalue weighted by Gasteiger charge is 2.31. The average Bonchev–Trinajstić information content (AvgIpc) is 2.57. The van der Waals surface area contributed by atoms with E-state index in [0.717, 1.165) is 38.5 Å². The third-order valence-electron chi connectivity index (χ3n) is 4.47. The van der Waals surface area contributed by atoms with Crippen molar-refractivity contribution in [2.45, 2.75) is 123 Å². The summed E-state index contributed by atoms with van der Waals surface area (Å²) in [7, 11) is 0. The van der Waals surface area contributed by atoms with Gasteiger partial charge < -0.3 is 0 Å². The van der Waals surface area contributed by atoms with Crippen LogP contribution in [0.3, 0.4) is 0 Å². The van der Waals surface area contributed by atoms with Crippen LogP contribution in [0.25, 0.3) is 0 Å². The fourth-order valence-electron chi connectivity index (χ4n) is 3.22. The van der Waals surface area contributed by atoms with E-state index in [1.807, 2.05) is 6.92 Å². The van der Waals surface area contributed by atoms with Crippen LogP contribution in [0.15, 0.2) is 0 Å². The predicted molar refractivity (Wildman–Crippen MR) is 99.3 cm³/mol. The van der Waals surface area contributed by atoms with Crippen LogP contribution in [0.1, 0.15) is 118 Å². The minimum Gasteiger partial charge on any atom is -0.204 e. The molecule has 146 valence electrons. The van der Waals surface area contributed by atoms with Gasteiger partial charge in [-0.15, -0.1) is 0 Å². The Morgan fingerprint density at radius 2 is 1.12 bits per heavy atom. The van der Waals surface area contributed by atoms with E-state index < -0.39 is 0 Å². The lowest BCUT2D eigenvalue weighted by Gasteiger charge is -2.31. The second-order valence-corrected chi connectivity index (χ2v) is 6.95. The zero-order valence-electron chi connectivity index (χ0n) is 16.7. The van der Waals surface area contributed by atoms with E-state index in [0.29, 0.717) is 6.61 Å². The Kier molecular flexibility index (Phi) is 17.5. The SMILES string of the molecule is CCCCCCCCCCC(CCC)(CCC)OOOOCCC. The zero-order chi connectivity index (χ0) is 17.9. The summed E-state index contributed by atoms with van der Waals surface area (Å²) in [5.41, 5.74) is -0.235. The van der Waals surface area contributed by atoms with E-state index in [4.69, 9.17) is 14.8 Å². The molecule has 0 N–H and O–H groups in total. The Morgan fingerprint density at radius 3 is 1.67 bits per heavy atom. The van der Waals surface area contributed by atoms with Gasteiger partial charge in [-0.2, -0.15) is 4.89 Å². The highest BCUT2D eigenvalue weighted by atomic mass is 17.7. The van der Waals surface area contributed by atoms with Crippen molar-refractivity contribution >= 4 is 0 Å². The third kappa shape index (κ3) is 13.2. The van der Waals surface area contributed by atoms with Crippen molar-refractivity contribution in [1.29, 1.82) is 0 Å². The fourth-order valence-corrected chi connectivity index (χ4v) is 3.22. The maximum Gasteiger partial charge on any atom is 0.107 e. The van der Waals surface area contributed by atoms with Crippen molar-refractivity contribution in [3.05, 3.63) is 0 Å². The lowest BCUT2D eigenvalue weighted by atomic mass is 9.87. The van der Waals surface area contributed by atoms with E-state index in [1.54, 1.807) is 0 Å². The molecule has 0 bridgehead atoms. The van der Waals surface area contributed by atoms with Crippen LogP contribution in [0, 0.1) is 0 Å². The van der Waals surface area contributed by atoms with Gasteiger partial charge in [-0.05, 0) is 35.8 Å². The molecule has 0 spiro atoms. The minimum absolute atomic E-state index is 0.235. The summed E-state index contributed by atoms with van der Waals surface area (Å²) < 4.78 is 0. The first-order chi connectivity index (χ1) is 11.7. The monoisotopic (exact) mass is 346 g/mol. The molecule has 0 saturated heterocycles. The molecule has 0 rings (SSSR count). The summed E-state index contributed by atoms with van der Waals surface area (Å²) >= 11 is 0. The Labute approximate surface area is 150 Å². The highest BCUT2D eigenvalue weighted by Crippen LogP contribution is 2.31. The quantitative estimate of drug-likeness (QED) is 0.142. The second-order valence-electron chi connectivity index (χ2n) is 6.95. The van der Waals surface area contributed by atoms with Crippen LogP contribution in [0.5, 0.6) is 0 Å². The average molecular weight is 347 g/mol. The van der Waals surface area contributed by atoms with E-state index >= 15 is 0 Å². The molecule has 24 heavy (non-hydrogen) atoms. The smallest absolute Gasteiger partial charge is 0.107 e. The van der Waals surface area contributed by atoms with E-state index in [1.165, 1.54) is 51.4 Å². The molecule has 0 aliphatic heterocycles. The first-order valence-electron chi connectivity index (χ1n) is 10.4. The maximum atomic E-state index is 5.67. The molecule has 0 fully saturated rings. The van der Waals surface area contributed by atoms with Gasteiger partial charge in [-0.1, -0.05) is 91.9 Å². The van der Waals surface area contributed by atoms with Crippen LogP contribution < -0.4 is 0 Å². The number of hydrogen-bond donors (Lipinski definition) is 0. The summed E-state index contributed by atoms with van der Waals surface area (Å²) in [5.74, 6) is 0. The number of hydrogen-bond acceptors (Lipinski definition) is 4. The predicted octanol–water partition coefficient (Wildman–Crippen LogP) is 7.08. The van der Waals surface area contributed by atoms with Gasteiger partial charge in [0.2, 0.25) is 0 Å². The molecule has 0 radical (unpaired) electrons. The molecule has 4 heteroatoms. The molecule has 0 heterocycles. The Balaban J connectivity index is 4.04. The van der Waals surface area contributed by atoms with Crippen molar-refractivity contribution in [2.24, 2.45) is 0 Å². The number of rotatable bonds is 19. The third-order valence-corrected chi connectivity index (χ3v) is 4.47. The molecule has 0 aromatic carbocycles. The van der Waals surface area contributed by atoms with Crippen LogP contribution in [0.2, 0.25) is 0 Å². The molecule has 4 nitrogen and oxygen atoms in total.